The Balaban J connectivity index is 0.00000106. The SMILES string of the molecule is CC(C)(CC(=O)O)CC1CCCCC1.CN. The Morgan fingerprint density at radius 3 is 2.19 bits per heavy atom. The van der Waals surface area contributed by atoms with Crippen molar-refractivity contribution in [3.05, 3.63) is 0 Å². The average molecular weight is 229 g/mol. The third-order valence-electron chi connectivity index (χ3n) is 3.20. The lowest BCUT2D eigenvalue weighted by molar-refractivity contribution is -0.139. The van der Waals surface area contributed by atoms with Crippen LogP contribution in [0.4, 0.5) is 0 Å². The van der Waals surface area contributed by atoms with Gasteiger partial charge in [-0.15, -0.1) is 0 Å². The van der Waals surface area contributed by atoms with E-state index < -0.39 is 5.97 Å². The van der Waals surface area contributed by atoms with Crippen LogP contribution < -0.4 is 5.73 Å². The van der Waals surface area contributed by atoms with E-state index in [9.17, 15) is 4.79 Å². The summed E-state index contributed by atoms with van der Waals surface area (Å²) >= 11 is 0. The first-order valence-electron chi connectivity index (χ1n) is 6.29. The van der Waals surface area contributed by atoms with Crippen LogP contribution in [0.2, 0.25) is 0 Å². The molecule has 0 radical (unpaired) electrons. The van der Waals surface area contributed by atoms with Crippen molar-refractivity contribution in [3.8, 4) is 0 Å². The summed E-state index contributed by atoms with van der Waals surface area (Å²) in [5.74, 6) is 0.115. The first-order valence-corrected chi connectivity index (χ1v) is 6.29. The molecule has 1 saturated carbocycles. The van der Waals surface area contributed by atoms with Crippen LogP contribution in [0.1, 0.15) is 58.8 Å². The molecule has 1 fully saturated rings. The zero-order valence-electron chi connectivity index (χ0n) is 11.0. The number of nitrogens with two attached hydrogens (primary N) is 1. The minimum Gasteiger partial charge on any atom is -0.481 e. The first-order chi connectivity index (χ1) is 7.49. The van der Waals surface area contributed by atoms with E-state index in [1.165, 1.54) is 39.2 Å². The summed E-state index contributed by atoms with van der Waals surface area (Å²) in [6.45, 7) is 4.16. The first kappa shape index (κ1) is 15.4. The number of carboxylic acids is 1. The predicted octanol–water partition coefficient (Wildman–Crippen LogP) is 3.03. The highest BCUT2D eigenvalue weighted by Gasteiger charge is 2.26. The van der Waals surface area contributed by atoms with Crippen LogP contribution >= 0.6 is 0 Å². The van der Waals surface area contributed by atoms with Crippen LogP contribution in [-0.4, -0.2) is 18.1 Å². The van der Waals surface area contributed by atoms with Gasteiger partial charge in [0.2, 0.25) is 0 Å². The van der Waals surface area contributed by atoms with Gasteiger partial charge >= 0.3 is 5.97 Å². The molecule has 0 aromatic rings. The molecule has 0 amide bonds. The number of rotatable bonds is 4. The second kappa shape index (κ2) is 7.66. The largest absolute Gasteiger partial charge is 0.481 e. The number of carboxylic acid groups (broad SMARTS) is 1. The van der Waals surface area contributed by atoms with E-state index >= 15 is 0 Å². The van der Waals surface area contributed by atoms with Gasteiger partial charge in [-0.3, -0.25) is 4.79 Å². The molecule has 0 aliphatic heterocycles. The fraction of sp³-hybridized carbons (Fsp3) is 0.923. The van der Waals surface area contributed by atoms with Gasteiger partial charge in [0, 0.05) is 0 Å². The monoisotopic (exact) mass is 229 g/mol. The molecule has 0 saturated heterocycles. The summed E-state index contributed by atoms with van der Waals surface area (Å²) in [6.07, 6.45) is 8.06. The standard InChI is InChI=1S/C12H22O2.CH5N/c1-12(2,9-11(13)14)8-10-6-4-3-5-7-10;1-2/h10H,3-9H2,1-2H3,(H,13,14);2H2,1H3. The summed E-state index contributed by atoms with van der Waals surface area (Å²) in [5, 5.41) is 8.78. The molecule has 0 aromatic heterocycles. The molecule has 0 bridgehead atoms. The molecule has 0 atom stereocenters. The predicted molar refractivity (Wildman–Crippen MR) is 67.3 cm³/mol. The molecule has 3 nitrogen and oxygen atoms in total. The van der Waals surface area contributed by atoms with Gasteiger partial charge < -0.3 is 10.8 Å². The number of aliphatic carboxylic acids is 1. The van der Waals surface area contributed by atoms with E-state index in [0.717, 1.165) is 12.3 Å². The summed E-state index contributed by atoms with van der Waals surface area (Å²) in [5.41, 5.74) is 4.48. The van der Waals surface area contributed by atoms with E-state index in [2.05, 4.69) is 19.6 Å². The Kier molecular flexibility index (Phi) is 7.39. The third-order valence-corrected chi connectivity index (χ3v) is 3.20. The highest BCUT2D eigenvalue weighted by Crippen LogP contribution is 2.36. The lowest BCUT2D eigenvalue weighted by Crippen LogP contribution is -2.22. The Morgan fingerprint density at radius 1 is 1.25 bits per heavy atom. The van der Waals surface area contributed by atoms with Crippen LogP contribution in [-0.2, 0) is 4.79 Å². The van der Waals surface area contributed by atoms with E-state index in [-0.39, 0.29) is 5.41 Å². The Bertz CT molecular complexity index is 196. The molecule has 16 heavy (non-hydrogen) atoms. The smallest absolute Gasteiger partial charge is 0.303 e. The number of carbonyl (C=O) groups is 1. The van der Waals surface area contributed by atoms with E-state index in [0.29, 0.717) is 6.42 Å². The van der Waals surface area contributed by atoms with Gasteiger partial charge in [-0.25, -0.2) is 0 Å². The topological polar surface area (TPSA) is 63.3 Å². The van der Waals surface area contributed by atoms with E-state index in [1.807, 2.05) is 0 Å². The molecule has 96 valence electrons. The van der Waals surface area contributed by atoms with Crippen LogP contribution in [0, 0.1) is 11.3 Å². The van der Waals surface area contributed by atoms with Crippen LogP contribution in [0.15, 0.2) is 0 Å². The lowest BCUT2D eigenvalue weighted by Gasteiger charge is -2.30. The molecule has 3 N–H and O–H groups in total. The summed E-state index contributed by atoms with van der Waals surface area (Å²) in [7, 11) is 1.50. The molecular formula is C13H27NO2. The fourth-order valence-electron chi connectivity index (χ4n) is 2.65. The van der Waals surface area contributed by atoms with Crippen molar-refractivity contribution in [1.29, 1.82) is 0 Å². The highest BCUT2D eigenvalue weighted by atomic mass is 16.4. The zero-order chi connectivity index (χ0) is 12.6. The van der Waals surface area contributed by atoms with Gasteiger partial charge in [-0.2, -0.15) is 0 Å². The zero-order valence-corrected chi connectivity index (χ0v) is 11.0. The number of hydrogen-bond acceptors (Lipinski definition) is 2. The molecule has 3 heteroatoms. The molecular weight excluding hydrogens is 202 g/mol. The minimum atomic E-state index is -0.661. The van der Waals surface area contributed by atoms with Crippen molar-refractivity contribution in [2.75, 3.05) is 7.05 Å². The fourth-order valence-corrected chi connectivity index (χ4v) is 2.65. The lowest BCUT2D eigenvalue weighted by atomic mass is 9.75. The van der Waals surface area contributed by atoms with Crippen LogP contribution in [0.5, 0.6) is 0 Å². The van der Waals surface area contributed by atoms with Crippen LogP contribution in [0.25, 0.3) is 0 Å². The summed E-state index contributed by atoms with van der Waals surface area (Å²) < 4.78 is 0. The van der Waals surface area contributed by atoms with Gasteiger partial charge in [0.15, 0.2) is 0 Å². The maximum Gasteiger partial charge on any atom is 0.303 e. The van der Waals surface area contributed by atoms with Gasteiger partial charge in [-0.05, 0) is 24.8 Å². The van der Waals surface area contributed by atoms with Gasteiger partial charge in [0.05, 0.1) is 6.42 Å². The highest BCUT2D eigenvalue weighted by molar-refractivity contribution is 5.67. The van der Waals surface area contributed by atoms with E-state index in [1.54, 1.807) is 0 Å². The van der Waals surface area contributed by atoms with Crippen molar-refractivity contribution in [3.63, 3.8) is 0 Å². The van der Waals surface area contributed by atoms with Crippen molar-refractivity contribution in [1.82, 2.24) is 0 Å². The molecule has 0 heterocycles. The number of hydrogen-bond donors (Lipinski definition) is 2. The van der Waals surface area contributed by atoms with Crippen molar-refractivity contribution < 1.29 is 9.90 Å². The summed E-state index contributed by atoms with van der Waals surface area (Å²) in [6, 6.07) is 0. The second-order valence-electron chi connectivity index (χ2n) is 5.44. The average Bonchev–Trinajstić information content (AvgIpc) is 2.19. The maximum absolute atomic E-state index is 10.7. The van der Waals surface area contributed by atoms with Crippen molar-refractivity contribution >= 4 is 5.97 Å². The molecule has 0 aromatic carbocycles. The normalized spacial score (nSPS) is 17.5. The summed E-state index contributed by atoms with van der Waals surface area (Å²) in [4.78, 5) is 10.7. The van der Waals surface area contributed by atoms with Crippen molar-refractivity contribution in [2.24, 2.45) is 17.1 Å². The Hall–Kier alpha value is -0.570. The van der Waals surface area contributed by atoms with Gasteiger partial charge in [0.1, 0.15) is 0 Å². The Morgan fingerprint density at radius 2 is 1.75 bits per heavy atom. The Labute approximate surface area is 99.4 Å². The molecule has 1 rings (SSSR count). The quantitative estimate of drug-likeness (QED) is 0.778. The third kappa shape index (κ3) is 6.83. The van der Waals surface area contributed by atoms with Crippen LogP contribution in [0.3, 0.4) is 0 Å². The molecule has 0 spiro atoms. The van der Waals surface area contributed by atoms with Gasteiger partial charge in [-0.1, -0.05) is 46.0 Å². The van der Waals surface area contributed by atoms with Crippen molar-refractivity contribution in [2.45, 2.75) is 58.8 Å². The molecule has 1 aliphatic carbocycles. The van der Waals surface area contributed by atoms with E-state index in [4.69, 9.17) is 5.11 Å². The minimum absolute atomic E-state index is 0.0200. The maximum atomic E-state index is 10.7. The van der Waals surface area contributed by atoms with Gasteiger partial charge in [0.25, 0.3) is 0 Å². The second-order valence-corrected chi connectivity index (χ2v) is 5.44. The molecule has 0 unspecified atom stereocenters. The molecule has 1 aliphatic rings.